The summed E-state index contributed by atoms with van der Waals surface area (Å²) in [5.74, 6) is 0.327. The quantitative estimate of drug-likeness (QED) is 0.690. The Morgan fingerprint density at radius 2 is 1.95 bits per heavy atom. The van der Waals surface area contributed by atoms with E-state index in [-0.39, 0.29) is 18.3 Å². The third kappa shape index (κ3) is 6.70. The van der Waals surface area contributed by atoms with Gasteiger partial charge < -0.3 is 4.74 Å². The Morgan fingerprint density at radius 1 is 1.26 bits per heavy atom. The lowest BCUT2D eigenvalue weighted by molar-refractivity contribution is 0.253. The van der Waals surface area contributed by atoms with Crippen LogP contribution in [0.25, 0.3) is 0 Å². The van der Waals surface area contributed by atoms with Crippen LogP contribution in [-0.2, 0) is 9.05 Å². The molecule has 1 aromatic carbocycles. The van der Waals surface area contributed by atoms with Crippen molar-refractivity contribution in [3.8, 4) is 5.75 Å². The van der Waals surface area contributed by atoms with Crippen LogP contribution in [0.5, 0.6) is 5.75 Å². The van der Waals surface area contributed by atoms with E-state index in [0.717, 1.165) is 12.8 Å². The fourth-order valence-electron chi connectivity index (χ4n) is 1.69. The van der Waals surface area contributed by atoms with Gasteiger partial charge >= 0.3 is 0 Å². The third-order valence-corrected chi connectivity index (χ3v) is 4.50. The standard InChI is InChI=1S/C12H15Cl3O3S/c1-2-3-9(8-19(15,16)17)7-18-10-4-5-11(13)12(14)6-10/h4-6,9H,2-3,7-8H2,1H3. The Hall–Kier alpha value is -0.160. The summed E-state index contributed by atoms with van der Waals surface area (Å²) in [4.78, 5) is 0. The summed E-state index contributed by atoms with van der Waals surface area (Å²) < 4.78 is 27.7. The second-order valence-electron chi connectivity index (χ2n) is 4.25. The molecule has 7 heteroatoms. The molecule has 1 atom stereocenters. The van der Waals surface area contributed by atoms with Crippen molar-refractivity contribution in [3.05, 3.63) is 28.2 Å². The highest BCUT2D eigenvalue weighted by Gasteiger charge is 2.17. The van der Waals surface area contributed by atoms with Crippen molar-refractivity contribution in [2.75, 3.05) is 12.4 Å². The third-order valence-electron chi connectivity index (χ3n) is 2.51. The SMILES string of the molecule is CCCC(COc1ccc(Cl)c(Cl)c1)CS(=O)(=O)Cl. The maximum absolute atomic E-state index is 11.1. The van der Waals surface area contributed by atoms with Crippen molar-refractivity contribution < 1.29 is 13.2 Å². The van der Waals surface area contributed by atoms with Crippen LogP contribution in [0.15, 0.2) is 18.2 Å². The highest BCUT2D eigenvalue weighted by Crippen LogP contribution is 2.27. The maximum Gasteiger partial charge on any atom is 0.232 e. The lowest BCUT2D eigenvalue weighted by Gasteiger charge is -2.15. The molecule has 0 aliphatic rings. The Bertz CT molecular complexity index is 517. The molecule has 0 spiro atoms. The van der Waals surface area contributed by atoms with Gasteiger partial charge in [0, 0.05) is 22.7 Å². The zero-order chi connectivity index (χ0) is 14.5. The van der Waals surface area contributed by atoms with E-state index in [1.54, 1.807) is 18.2 Å². The van der Waals surface area contributed by atoms with E-state index in [9.17, 15) is 8.42 Å². The van der Waals surface area contributed by atoms with Crippen molar-refractivity contribution in [3.63, 3.8) is 0 Å². The lowest BCUT2D eigenvalue weighted by Crippen LogP contribution is -2.19. The number of hydrogen-bond acceptors (Lipinski definition) is 3. The molecule has 0 aliphatic carbocycles. The highest BCUT2D eigenvalue weighted by atomic mass is 35.7. The molecule has 0 N–H and O–H groups in total. The van der Waals surface area contributed by atoms with Gasteiger partial charge in [0.15, 0.2) is 0 Å². The minimum absolute atomic E-state index is 0.0935. The van der Waals surface area contributed by atoms with Crippen molar-refractivity contribution >= 4 is 42.9 Å². The van der Waals surface area contributed by atoms with E-state index in [1.807, 2.05) is 6.92 Å². The molecule has 1 rings (SSSR count). The van der Waals surface area contributed by atoms with Crippen LogP contribution >= 0.6 is 33.9 Å². The second kappa shape index (κ2) is 7.58. The second-order valence-corrected chi connectivity index (χ2v) is 7.88. The van der Waals surface area contributed by atoms with Crippen molar-refractivity contribution in [1.29, 1.82) is 0 Å². The van der Waals surface area contributed by atoms with Gasteiger partial charge in [0.2, 0.25) is 9.05 Å². The molecule has 19 heavy (non-hydrogen) atoms. The normalized spacial score (nSPS) is 13.3. The molecule has 3 nitrogen and oxygen atoms in total. The smallest absolute Gasteiger partial charge is 0.232 e. The van der Waals surface area contributed by atoms with E-state index in [4.69, 9.17) is 38.6 Å². The van der Waals surface area contributed by atoms with Crippen LogP contribution in [0.2, 0.25) is 10.0 Å². The number of hydrogen-bond donors (Lipinski definition) is 0. The molecule has 0 radical (unpaired) electrons. The molecule has 0 aliphatic heterocycles. The molecule has 0 fully saturated rings. The molecule has 0 saturated heterocycles. The van der Waals surface area contributed by atoms with Gasteiger partial charge in [-0.1, -0.05) is 36.5 Å². The molecule has 0 amide bonds. The Kier molecular flexibility index (Phi) is 6.74. The maximum atomic E-state index is 11.1. The molecule has 108 valence electrons. The van der Waals surface area contributed by atoms with E-state index in [1.165, 1.54) is 0 Å². The summed E-state index contributed by atoms with van der Waals surface area (Å²) >= 11 is 11.7. The predicted octanol–water partition coefficient (Wildman–Crippen LogP) is 4.36. The van der Waals surface area contributed by atoms with Gasteiger partial charge in [0.25, 0.3) is 0 Å². The summed E-state index contributed by atoms with van der Waals surface area (Å²) in [7, 11) is 1.75. The number of ether oxygens (including phenoxy) is 1. The van der Waals surface area contributed by atoms with Gasteiger partial charge in [-0.25, -0.2) is 8.42 Å². The molecular weight excluding hydrogens is 331 g/mol. The molecule has 0 aromatic heterocycles. The van der Waals surface area contributed by atoms with Crippen LogP contribution < -0.4 is 4.74 Å². The minimum atomic E-state index is -3.52. The summed E-state index contributed by atoms with van der Waals surface area (Å²) in [5, 5.41) is 0.846. The largest absolute Gasteiger partial charge is 0.493 e. The molecular formula is C12H15Cl3O3S. The van der Waals surface area contributed by atoms with Crippen LogP contribution in [-0.4, -0.2) is 20.8 Å². The summed E-state index contributed by atoms with van der Waals surface area (Å²) in [5.41, 5.74) is 0. The fourth-order valence-corrected chi connectivity index (χ4v) is 3.33. The average molecular weight is 346 g/mol. The molecule has 0 saturated carbocycles. The van der Waals surface area contributed by atoms with Gasteiger partial charge in [0.1, 0.15) is 5.75 Å². The minimum Gasteiger partial charge on any atom is -0.493 e. The number of benzene rings is 1. The summed E-state index contributed by atoms with van der Waals surface area (Å²) in [6.45, 7) is 2.25. The highest BCUT2D eigenvalue weighted by molar-refractivity contribution is 8.13. The first kappa shape index (κ1) is 16.9. The topological polar surface area (TPSA) is 43.4 Å². The Labute approximate surface area is 128 Å². The van der Waals surface area contributed by atoms with Gasteiger partial charge in [0.05, 0.1) is 22.4 Å². The summed E-state index contributed by atoms with van der Waals surface area (Å²) in [6.07, 6.45) is 1.59. The van der Waals surface area contributed by atoms with Gasteiger partial charge in [-0.2, -0.15) is 0 Å². The van der Waals surface area contributed by atoms with Crippen LogP contribution in [0.4, 0.5) is 0 Å². The van der Waals surface area contributed by atoms with Crippen molar-refractivity contribution in [2.45, 2.75) is 19.8 Å². The molecule has 0 bridgehead atoms. The first-order chi connectivity index (χ1) is 8.81. The summed E-state index contributed by atoms with van der Waals surface area (Å²) in [6, 6.07) is 4.92. The predicted molar refractivity (Wildman–Crippen MR) is 80.0 cm³/mol. The molecule has 1 unspecified atom stereocenters. The van der Waals surface area contributed by atoms with E-state index in [2.05, 4.69) is 0 Å². The first-order valence-electron chi connectivity index (χ1n) is 5.82. The Morgan fingerprint density at radius 3 is 2.47 bits per heavy atom. The van der Waals surface area contributed by atoms with Crippen LogP contribution in [0.3, 0.4) is 0 Å². The van der Waals surface area contributed by atoms with Gasteiger partial charge in [-0.05, 0) is 18.6 Å². The van der Waals surface area contributed by atoms with Crippen molar-refractivity contribution in [2.24, 2.45) is 5.92 Å². The fraction of sp³-hybridized carbons (Fsp3) is 0.500. The number of halogens is 3. The Balaban J connectivity index is 2.62. The number of rotatable bonds is 7. The van der Waals surface area contributed by atoms with E-state index < -0.39 is 9.05 Å². The zero-order valence-corrected chi connectivity index (χ0v) is 13.5. The zero-order valence-electron chi connectivity index (χ0n) is 10.4. The van der Waals surface area contributed by atoms with Gasteiger partial charge in [-0.3, -0.25) is 0 Å². The van der Waals surface area contributed by atoms with Crippen molar-refractivity contribution in [1.82, 2.24) is 0 Å². The van der Waals surface area contributed by atoms with Gasteiger partial charge in [-0.15, -0.1) is 0 Å². The first-order valence-corrected chi connectivity index (χ1v) is 9.05. The average Bonchev–Trinajstić information content (AvgIpc) is 2.29. The molecule has 0 heterocycles. The van der Waals surface area contributed by atoms with E-state index in [0.29, 0.717) is 15.8 Å². The molecule has 1 aromatic rings. The van der Waals surface area contributed by atoms with Crippen LogP contribution in [0.1, 0.15) is 19.8 Å². The monoisotopic (exact) mass is 344 g/mol. The van der Waals surface area contributed by atoms with Crippen LogP contribution in [0, 0.1) is 5.92 Å². The van der Waals surface area contributed by atoms with E-state index >= 15 is 0 Å². The lowest BCUT2D eigenvalue weighted by atomic mass is 10.1.